The van der Waals surface area contributed by atoms with Crippen molar-refractivity contribution in [2.45, 2.75) is 46.7 Å². The van der Waals surface area contributed by atoms with Crippen molar-refractivity contribution in [1.29, 1.82) is 0 Å². The third kappa shape index (κ3) is 3.01. The maximum Gasteiger partial charge on any atom is 0.307 e. The molecule has 0 radical (unpaired) electrons. The van der Waals surface area contributed by atoms with Crippen molar-refractivity contribution in [1.82, 2.24) is 9.13 Å². The Balaban J connectivity index is 2.65. The molecule has 124 valence electrons. The van der Waals surface area contributed by atoms with Gasteiger partial charge in [-0.3, -0.25) is 18.7 Å². The van der Waals surface area contributed by atoms with Crippen molar-refractivity contribution in [3.63, 3.8) is 0 Å². The van der Waals surface area contributed by atoms with Crippen LogP contribution in [0.3, 0.4) is 0 Å². The van der Waals surface area contributed by atoms with Crippen LogP contribution in [0.1, 0.15) is 39.2 Å². The summed E-state index contributed by atoms with van der Waals surface area (Å²) in [7, 11) is 0. The highest BCUT2D eigenvalue weighted by Gasteiger charge is 2.24. The summed E-state index contributed by atoms with van der Waals surface area (Å²) in [5.41, 5.74) is 2.09. The van der Waals surface area contributed by atoms with E-state index in [0.717, 1.165) is 5.57 Å². The number of aromatic nitrogens is 2. The highest BCUT2D eigenvalue weighted by atomic mass is 32.1. The minimum atomic E-state index is -0.920. The highest BCUT2D eigenvalue weighted by Crippen LogP contribution is 2.35. The van der Waals surface area contributed by atoms with Crippen LogP contribution in [0.2, 0.25) is 0 Å². The van der Waals surface area contributed by atoms with E-state index in [4.69, 9.17) is 17.3 Å². The molecule has 0 saturated heterocycles. The van der Waals surface area contributed by atoms with Gasteiger partial charge in [0.2, 0.25) is 5.88 Å². The van der Waals surface area contributed by atoms with Crippen molar-refractivity contribution in [3.05, 3.63) is 37.9 Å². The van der Waals surface area contributed by atoms with E-state index in [1.807, 2.05) is 20.8 Å². The van der Waals surface area contributed by atoms with Gasteiger partial charge in [-0.05, 0) is 50.6 Å². The van der Waals surface area contributed by atoms with Gasteiger partial charge in [-0.2, -0.15) is 0 Å². The number of nitrogens with zero attached hydrogens (tertiary/aromatic N) is 2. The van der Waals surface area contributed by atoms with E-state index >= 15 is 0 Å². The maximum atomic E-state index is 12.7. The molecule has 1 aliphatic carbocycles. The van der Waals surface area contributed by atoms with E-state index in [2.05, 4.69) is 0 Å². The van der Waals surface area contributed by atoms with E-state index < -0.39 is 5.97 Å². The van der Waals surface area contributed by atoms with Gasteiger partial charge in [-0.1, -0.05) is 11.6 Å². The molecule has 0 aromatic carbocycles. The average molecular weight is 336 g/mol. The normalized spacial score (nSPS) is 14.3. The molecule has 0 saturated carbocycles. The molecule has 0 atom stereocenters. The molecule has 1 heterocycles. The topological polar surface area (TPSA) is 84.5 Å². The molecule has 23 heavy (non-hydrogen) atoms. The van der Waals surface area contributed by atoms with E-state index in [0.29, 0.717) is 30.7 Å². The summed E-state index contributed by atoms with van der Waals surface area (Å²) < 4.78 is 3.25. The lowest BCUT2D eigenvalue weighted by atomic mass is 10.1. The van der Waals surface area contributed by atoms with Crippen LogP contribution in [0.4, 0.5) is 0 Å². The first-order valence-electron chi connectivity index (χ1n) is 7.49. The molecule has 0 aliphatic heterocycles. The lowest BCUT2D eigenvalue weighted by Gasteiger charge is -2.16. The van der Waals surface area contributed by atoms with Gasteiger partial charge in [0.15, 0.2) is 4.77 Å². The number of aliphatic carboxylic acids is 1. The summed E-state index contributed by atoms with van der Waals surface area (Å²) in [5.74, 6) is -1.07. The molecule has 1 aromatic heterocycles. The van der Waals surface area contributed by atoms with Crippen LogP contribution < -0.4 is 5.56 Å². The van der Waals surface area contributed by atoms with E-state index in [1.54, 1.807) is 6.08 Å². The lowest BCUT2D eigenvalue weighted by Crippen LogP contribution is -2.27. The van der Waals surface area contributed by atoms with Crippen LogP contribution in [-0.2, 0) is 17.9 Å². The van der Waals surface area contributed by atoms with Crippen LogP contribution in [0, 0.1) is 4.77 Å². The van der Waals surface area contributed by atoms with Crippen molar-refractivity contribution >= 4 is 23.8 Å². The van der Waals surface area contributed by atoms with Gasteiger partial charge >= 0.3 is 5.97 Å². The zero-order valence-electron chi connectivity index (χ0n) is 13.4. The van der Waals surface area contributed by atoms with Gasteiger partial charge in [0.1, 0.15) is 5.56 Å². The SMILES string of the molecule is CCn1c(O)c(C2=CC(CC(=O)O)=C(C)C2)c(=O)n(CC)c1=S. The zero-order chi connectivity index (χ0) is 17.3. The van der Waals surface area contributed by atoms with Gasteiger partial charge < -0.3 is 10.2 Å². The standard InChI is InChI=1S/C16H20N2O4S/c1-4-17-14(21)13(15(22)18(5-2)16(17)23)11-6-9(3)10(7-11)8-12(19)20/h7,21H,4-6,8H2,1-3H3,(H,19,20). The van der Waals surface area contributed by atoms with Crippen LogP contribution in [0.15, 0.2) is 22.0 Å². The van der Waals surface area contributed by atoms with Gasteiger partial charge in [0, 0.05) is 13.1 Å². The second-order valence-corrected chi connectivity index (χ2v) is 5.86. The van der Waals surface area contributed by atoms with Crippen LogP contribution in [0.5, 0.6) is 5.88 Å². The Morgan fingerprint density at radius 1 is 1.30 bits per heavy atom. The van der Waals surface area contributed by atoms with Crippen LogP contribution >= 0.6 is 12.2 Å². The van der Waals surface area contributed by atoms with E-state index in [-0.39, 0.29) is 28.2 Å². The van der Waals surface area contributed by atoms with Gasteiger partial charge in [0.05, 0.1) is 6.42 Å². The molecule has 0 unspecified atom stereocenters. The monoisotopic (exact) mass is 336 g/mol. The van der Waals surface area contributed by atoms with Crippen LogP contribution in [-0.4, -0.2) is 25.3 Å². The first-order chi connectivity index (χ1) is 10.8. The van der Waals surface area contributed by atoms with Crippen molar-refractivity contribution in [3.8, 4) is 5.88 Å². The Morgan fingerprint density at radius 2 is 1.91 bits per heavy atom. The predicted octanol–water partition coefficient (Wildman–Crippen LogP) is 2.70. The fourth-order valence-corrected chi connectivity index (χ4v) is 3.27. The molecule has 2 N–H and O–H groups in total. The number of carboxylic acids is 1. The van der Waals surface area contributed by atoms with E-state index in [1.165, 1.54) is 9.13 Å². The third-order valence-electron chi connectivity index (χ3n) is 4.05. The number of hydrogen-bond acceptors (Lipinski definition) is 4. The Hall–Kier alpha value is -2.15. The van der Waals surface area contributed by atoms with Crippen molar-refractivity contribution < 1.29 is 15.0 Å². The fraction of sp³-hybridized carbons (Fsp3) is 0.438. The number of allylic oxidation sites excluding steroid dienone is 3. The number of carbonyl (C=O) groups is 1. The Kier molecular flexibility index (Phi) is 4.89. The molecule has 6 nitrogen and oxygen atoms in total. The fourth-order valence-electron chi connectivity index (χ4n) is 2.84. The first kappa shape index (κ1) is 17.2. The lowest BCUT2D eigenvalue weighted by molar-refractivity contribution is -0.136. The molecule has 1 aromatic rings. The minimum absolute atomic E-state index is 0.0923. The quantitative estimate of drug-likeness (QED) is 0.808. The summed E-state index contributed by atoms with van der Waals surface area (Å²) in [6.45, 7) is 6.35. The summed E-state index contributed by atoms with van der Waals surface area (Å²) in [4.78, 5) is 23.6. The summed E-state index contributed by atoms with van der Waals surface area (Å²) >= 11 is 5.26. The molecule has 0 bridgehead atoms. The molecular weight excluding hydrogens is 316 g/mol. The number of aromatic hydroxyl groups is 1. The minimum Gasteiger partial charge on any atom is -0.494 e. The molecule has 0 fully saturated rings. The molecule has 0 amide bonds. The number of carboxylic acid groups (broad SMARTS) is 1. The molecular formula is C16H20N2O4S. The van der Waals surface area contributed by atoms with Gasteiger partial charge in [-0.15, -0.1) is 0 Å². The summed E-state index contributed by atoms with van der Waals surface area (Å²) in [6, 6.07) is 0. The Morgan fingerprint density at radius 3 is 2.43 bits per heavy atom. The predicted molar refractivity (Wildman–Crippen MR) is 90.1 cm³/mol. The highest BCUT2D eigenvalue weighted by molar-refractivity contribution is 7.71. The number of rotatable bonds is 5. The Labute approximate surface area is 139 Å². The van der Waals surface area contributed by atoms with E-state index in [9.17, 15) is 14.7 Å². The second-order valence-electron chi connectivity index (χ2n) is 5.50. The summed E-state index contributed by atoms with van der Waals surface area (Å²) in [5, 5.41) is 19.5. The third-order valence-corrected chi connectivity index (χ3v) is 4.49. The second kappa shape index (κ2) is 6.54. The largest absolute Gasteiger partial charge is 0.494 e. The van der Waals surface area contributed by atoms with Crippen molar-refractivity contribution in [2.24, 2.45) is 0 Å². The van der Waals surface area contributed by atoms with Crippen molar-refractivity contribution in [2.75, 3.05) is 0 Å². The zero-order valence-corrected chi connectivity index (χ0v) is 14.2. The number of hydrogen-bond donors (Lipinski definition) is 2. The van der Waals surface area contributed by atoms with Gasteiger partial charge in [-0.25, -0.2) is 0 Å². The molecule has 7 heteroatoms. The maximum absolute atomic E-state index is 12.7. The van der Waals surface area contributed by atoms with Gasteiger partial charge in [0.25, 0.3) is 5.56 Å². The summed E-state index contributed by atoms with van der Waals surface area (Å²) in [6.07, 6.45) is 2.06. The molecule has 2 rings (SSSR count). The molecule has 0 spiro atoms. The molecule has 1 aliphatic rings. The Bertz CT molecular complexity index is 843. The smallest absolute Gasteiger partial charge is 0.307 e. The average Bonchev–Trinajstić information content (AvgIpc) is 2.79. The first-order valence-corrected chi connectivity index (χ1v) is 7.90. The van der Waals surface area contributed by atoms with Crippen LogP contribution in [0.25, 0.3) is 5.57 Å².